The van der Waals surface area contributed by atoms with Gasteiger partial charge in [0.2, 0.25) is 5.91 Å². The zero-order chi connectivity index (χ0) is 9.72. The first-order valence-electron chi connectivity index (χ1n) is 2.95. The maximum atomic E-state index is 10.4. The summed E-state index contributed by atoms with van der Waals surface area (Å²) < 4.78 is 0. The molecule has 1 amide bonds. The van der Waals surface area contributed by atoms with Gasteiger partial charge in [-0.05, 0) is 0 Å². The Hall–Kier alpha value is -1.79. The number of guanidine groups is 1. The zero-order valence-electron chi connectivity index (χ0n) is 6.37. The normalized spacial score (nSPS) is 14.9. The first-order chi connectivity index (χ1) is 5.43. The van der Waals surface area contributed by atoms with Gasteiger partial charge in [0, 0.05) is 7.05 Å². The second kappa shape index (κ2) is 4.16. The molecule has 12 heavy (non-hydrogen) atoms. The molecule has 7 heteroatoms. The van der Waals surface area contributed by atoms with Crippen molar-refractivity contribution in [3.63, 3.8) is 0 Å². The van der Waals surface area contributed by atoms with Crippen molar-refractivity contribution in [1.82, 2.24) is 10.2 Å². The van der Waals surface area contributed by atoms with Crippen LogP contribution in [0.3, 0.4) is 0 Å². The minimum Gasteiger partial charge on any atom is -0.450 e. The highest BCUT2D eigenvalue weighted by Crippen LogP contribution is 1.89. The predicted octanol–water partition coefficient (Wildman–Crippen LogP) is -0.795. The van der Waals surface area contributed by atoms with Gasteiger partial charge in [-0.25, -0.2) is 4.79 Å². The fourth-order valence-electron chi connectivity index (χ4n) is 0.561. The van der Waals surface area contributed by atoms with Gasteiger partial charge in [-0.15, -0.1) is 0 Å². The second-order valence-electron chi connectivity index (χ2n) is 2.04. The zero-order valence-corrected chi connectivity index (χ0v) is 6.37. The molecule has 0 radical (unpaired) electrons. The minimum absolute atomic E-state index is 0.0995. The molecule has 1 fully saturated rings. The molecule has 0 aliphatic carbocycles. The van der Waals surface area contributed by atoms with Crippen LogP contribution in [0.2, 0.25) is 0 Å². The van der Waals surface area contributed by atoms with Gasteiger partial charge in [-0.3, -0.25) is 15.5 Å². The van der Waals surface area contributed by atoms with Crippen LogP contribution in [0, 0.1) is 5.41 Å². The van der Waals surface area contributed by atoms with Crippen LogP contribution >= 0.6 is 0 Å². The van der Waals surface area contributed by atoms with Crippen LogP contribution in [0.25, 0.3) is 0 Å². The van der Waals surface area contributed by atoms with E-state index in [1.165, 1.54) is 0 Å². The summed E-state index contributed by atoms with van der Waals surface area (Å²) in [5.74, 6) is 0.0903. The van der Waals surface area contributed by atoms with E-state index in [1.807, 2.05) is 0 Å². The van der Waals surface area contributed by atoms with Crippen molar-refractivity contribution in [1.29, 1.82) is 5.41 Å². The van der Waals surface area contributed by atoms with E-state index in [2.05, 4.69) is 5.32 Å². The Morgan fingerprint density at radius 3 is 2.17 bits per heavy atom. The molecular weight excluding hydrogens is 166 g/mol. The summed E-state index contributed by atoms with van der Waals surface area (Å²) in [4.78, 5) is 20.5. The molecule has 0 aromatic heterocycles. The van der Waals surface area contributed by atoms with Crippen molar-refractivity contribution < 1.29 is 19.8 Å². The summed E-state index contributed by atoms with van der Waals surface area (Å²) in [6, 6.07) is 0. The molecule has 0 saturated carbocycles. The van der Waals surface area contributed by atoms with E-state index in [9.17, 15) is 4.79 Å². The van der Waals surface area contributed by atoms with Gasteiger partial charge in [0.1, 0.15) is 0 Å². The first kappa shape index (κ1) is 10.2. The quantitative estimate of drug-likeness (QED) is 0.385. The van der Waals surface area contributed by atoms with Crippen molar-refractivity contribution in [2.24, 2.45) is 0 Å². The molecule has 1 heterocycles. The smallest absolute Gasteiger partial charge is 0.450 e. The third-order valence-corrected chi connectivity index (χ3v) is 1.02. The minimum atomic E-state index is -1.83. The molecule has 1 rings (SSSR count). The highest BCUT2D eigenvalue weighted by molar-refractivity contribution is 6.02. The molecule has 1 saturated heterocycles. The van der Waals surface area contributed by atoms with Crippen LogP contribution in [0.15, 0.2) is 0 Å². The summed E-state index contributed by atoms with van der Waals surface area (Å²) in [7, 11) is 1.69. The molecule has 1 aliphatic rings. The van der Waals surface area contributed by atoms with E-state index >= 15 is 0 Å². The molecule has 0 atom stereocenters. The average molecular weight is 175 g/mol. The standard InChI is InChI=1S/C4H7N3O.CH2O3/c1-7-2-3(8)6-4(7)5;2-1(3)4/h2H2,1H3,(H2,5,6,8);(H2,2,3,4). The van der Waals surface area contributed by atoms with Crippen molar-refractivity contribution in [2.75, 3.05) is 13.6 Å². The third kappa shape index (κ3) is 4.09. The Balaban J connectivity index is 0.000000261. The van der Waals surface area contributed by atoms with Gasteiger partial charge in [-0.2, -0.15) is 0 Å². The Kier molecular flexibility index (Phi) is 3.54. The van der Waals surface area contributed by atoms with E-state index < -0.39 is 6.16 Å². The van der Waals surface area contributed by atoms with Crippen LogP contribution in [-0.4, -0.2) is 46.7 Å². The lowest BCUT2D eigenvalue weighted by Crippen LogP contribution is -2.25. The lowest BCUT2D eigenvalue weighted by molar-refractivity contribution is -0.118. The molecule has 0 unspecified atom stereocenters. The molecule has 0 aromatic rings. The Morgan fingerprint density at radius 2 is 2.08 bits per heavy atom. The Labute approximate surface area is 68.1 Å². The maximum Gasteiger partial charge on any atom is 0.503 e. The highest BCUT2D eigenvalue weighted by Gasteiger charge is 2.18. The number of nitrogens with one attached hydrogen (secondary N) is 2. The van der Waals surface area contributed by atoms with Crippen LogP contribution in [-0.2, 0) is 4.79 Å². The molecule has 0 spiro atoms. The van der Waals surface area contributed by atoms with Gasteiger partial charge in [0.25, 0.3) is 0 Å². The topological polar surface area (TPSA) is 114 Å². The van der Waals surface area contributed by atoms with E-state index in [0.717, 1.165) is 0 Å². The first-order valence-corrected chi connectivity index (χ1v) is 2.95. The SMILES string of the molecule is CN1CC(=O)NC1=N.O=C(O)O. The molecule has 0 bridgehead atoms. The number of carboxylic acid groups (broad SMARTS) is 2. The fraction of sp³-hybridized carbons (Fsp3) is 0.400. The van der Waals surface area contributed by atoms with Gasteiger partial charge in [-0.1, -0.05) is 0 Å². The summed E-state index contributed by atoms with van der Waals surface area (Å²) in [6.07, 6.45) is -1.83. The summed E-state index contributed by atoms with van der Waals surface area (Å²) >= 11 is 0. The van der Waals surface area contributed by atoms with E-state index in [-0.39, 0.29) is 11.9 Å². The fourth-order valence-corrected chi connectivity index (χ4v) is 0.561. The molecule has 0 aromatic carbocycles. The molecular formula is C5H9N3O4. The van der Waals surface area contributed by atoms with E-state index in [0.29, 0.717) is 6.54 Å². The van der Waals surface area contributed by atoms with Gasteiger partial charge < -0.3 is 15.1 Å². The molecule has 7 nitrogen and oxygen atoms in total. The van der Waals surface area contributed by atoms with Gasteiger partial charge >= 0.3 is 6.16 Å². The van der Waals surface area contributed by atoms with E-state index in [1.54, 1.807) is 11.9 Å². The average Bonchev–Trinajstić information content (AvgIpc) is 2.08. The Morgan fingerprint density at radius 1 is 1.67 bits per heavy atom. The lowest BCUT2D eigenvalue weighted by atomic mass is 10.6. The maximum absolute atomic E-state index is 10.4. The van der Waals surface area contributed by atoms with Gasteiger partial charge in [0.05, 0.1) is 6.54 Å². The van der Waals surface area contributed by atoms with Crippen LogP contribution in [0.5, 0.6) is 0 Å². The number of hydrogen-bond acceptors (Lipinski definition) is 3. The number of amides is 1. The largest absolute Gasteiger partial charge is 0.503 e. The van der Waals surface area contributed by atoms with Crippen molar-refractivity contribution in [3.05, 3.63) is 0 Å². The lowest BCUT2D eigenvalue weighted by Gasteiger charge is -2.03. The number of nitrogens with zero attached hydrogens (tertiary/aromatic N) is 1. The van der Waals surface area contributed by atoms with Gasteiger partial charge in [0.15, 0.2) is 5.96 Å². The number of rotatable bonds is 0. The van der Waals surface area contributed by atoms with Crippen molar-refractivity contribution >= 4 is 18.0 Å². The molecule has 68 valence electrons. The second-order valence-corrected chi connectivity index (χ2v) is 2.04. The number of likely N-dealkylation sites (N-methyl/N-ethyl adjacent to an activating group) is 1. The van der Waals surface area contributed by atoms with Crippen LogP contribution in [0.4, 0.5) is 4.79 Å². The summed E-state index contributed by atoms with van der Waals surface area (Å²) in [6.45, 7) is 0.318. The monoisotopic (exact) mass is 175 g/mol. The van der Waals surface area contributed by atoms with Crippen molar-refractivity contribution in [2.45, 2.75) is 0 Å². The third-order valence-electron chi connectivity index (χ3n) is 1.02. The van der Waals surface area contributed by atoms with Crippen molar-refractivity contribution in [3.8, 4) is 0 Å². The summed E-state index contributed by atoms with van der Waals surface area (Å²) in [5, 5.41) is 23.3. The molecule has 4 N–H and O–H groups in total. The predicted molar refractivity (Wildman–Crippen MR) is 39.2 cm³/mol. The van der Waals surface area contributed by atoms with Crippen LogP contribution in [0.1, 0.15) is 0 Å². The Bertz CT molecular complexity index is 211. The number of carbonyl (C=O) groups excluding carboxylic acids is 1. The number of hydrogen-bond donors (Lipinski definition) is 4. The summed E-state index contributed by atoms with van der Waals surface area (Å²) in [5.41, 5.74) is 0. The number of carbonyl (C=O) groups is 2. The molecule has 1 aliphatic heterocycles. The van der Waals surface area contributed by atoms with E-state index in [4.69, 9.17) is 20.4 Å². The highest BCUT2D eigenvalue weighted by atomic mass is 16.6. The van der Waals surface area contributed by atoms with Crippen LogP contribution < -0.4 is 5.32 Å².